The summed E-state index contributed by atoms with van der Waals surface area (Å²) in [5, 5.41) is 4.01. The van der Waals surface area contributed by atoms with Crippen molar-refractivity contribution in [2.24, 2.45) is 11.7 Å². The summed E-state index contributed by atoms with van der Waals surface area (Å²) in [6.45, 7) is 3.00. The Labute approximate surface area is 96.0 Å². The van der Waals surface area contributed by atoms with Crippen molar-refractivity contribution < 1.29 is 4.52 Å². The van der Waals surface area contributed by atoms with Gasteiger partial charge in [0.1, 0.15) is 0 Å². The molecule has 16 heavy (non-hydrogen) atoms. The van der Waals surface area contributed by atoms with E-state index < -0.39 is 0 Å². The summed E-state index contributed by atoms with van der Waals surface area (Å²) < 4.78 is 5.17. The fourth-order valence-electron chi connectivity index (χ4n) is 2.18. The van der Waals surface area contributed by atoms with Crippen LogP contribution in [0.4, 0.5) is 0 Å². The molecule has 0 aromatic carbocycles. The number of nitrogens with zero attached hydrogens (tertiary/aromatic N) is 3. The molecule has 1 aromatic rings. The lowest BCUT2D eigenvalue weighted by molar-refractivity contribution is 0.363. The summed E-state index contributed by atoms with van der Waals surface area (Å²) >= 11 is 0. The highest BCUT2D eigenvalue weighted by atomic mass is 16.5. The van der Waals surface area contributed by atoms with E-state index >= 15 is 0 Å². The Kier molecular flexibility index (Phi) is 3.90. The standard InChI is InChI=1S/C11H20N4O/c1-15-6-4-9(8-15)7-10-13-11(16-14-10)3-2-5-12/h9H,2-8,12H2,1H3. The second-order valence-corrected chi connectivity index (χ2v) is 4.62. The molecular weight excluding hydrogens is 204 g/mol. The van der Waals surface area contributed by atoms with Crippen LogP contribution in [0.3, 0.4) is 0 Å². The van der Waals surface area contributed by atoms with Crippen LogP contribution in [-0.2, 0) is 12.8 Å². The van der Waals surface area contributed by atoms with Gasteiger partial charge in [-0.2, -0.15) is 4.98 Å². The zero-order valence-corrected chi connectivity index (χ0v) is 9.85. The normalized spacial score (nSPS) is 21.8. The molecule has 1 fully saturated rings. The minimum atomic E-state index is 0.672. The maximum absolute atomic E-state index is 5.44. The monoisotopic (exact) mass is 224 g/mol. The molecule has 2 N–H and O–H groups in total. The van der Waals surface area contributed by atoms with Crippen molar-refractivity contribution in [1.82, 2.24) is 15.0 Å². The van der Waals surface area contributed by atoms with Crippen molar-refractivity contribution in [1.29, 1.82) is 0 Å². The third kappa shape index (κ3) is 3.02. The van der Waals surface area contributed by atoms with E-state index in [1.807, 2.05) is 0 Å². The van der Waals surface area contributed by atoms with Crippen LogP contribution in [0.25, 0.3) is 0 Å². The van der Waals surface area contributed by atoms with Crippen molar-refractivity contribution in [2.45, 2.75) is 25.7 Å². The molecule has 0 radical (unpaired) electrons. The lowest BCUT2D eigenvalue weighted by Gasteiger charge is -2.06. The van der Waals surface area contributed by atoms with Gasteiger partial charge in [0, 0.05) is 19.4 Å². The molecule has 0 saturated carbocycles. The van der Waals surface area contributed by atoms with E-state index in [-0.39, 0.29) is 0 Å². The first-order valence-electron chi connectivity index (χ1n) is 5.98. The smallest absolute Gasteiger partial charge is 0.226 e. The van der Waals surface area contributed by atoms with E-state index in [1.165, 1.54) is 13.0 Å². The molecule has 0 spiro atoms. The van der Waals surface area contributed by atoms with Crippen molar-refractivity contribution in [3.8, 4) is 0 Å². The number of rotatable bonds is 5. The summed E-state index contributed by atoms with van der Waals surface area (Å²) in [5.74, 6) is 2.27. The zero-order valence-electron chi connectivity index (χ0n) is 9.85. The Morgan fingerprint density at radius 3 is 3.12 bits per heavy atom. The fraction of sp³-hybridized carbons (Fsp3) is 0.818. The highest BCUT2D eigenvalue weighted by Crippen LogP contribution is 2.18. The van der Waals surface area contributed by atoms with E-state index in [1.54, 1.807) is 0 Å². The quantitative estimate of drug-likeness (QED) is 0.786. The topological polar surface area (TPSA) is 68.2 Å². The Morgan fingerprint density at radius 2 is 2.44 bits per heavy atom. The van der Waals surface area contributed by atoms with E-state index in [2.05, 4.69) is 22.1 Å². The molecule has 1 atom stereocenters. The van der Waals surface area contributed by atoms with Gasteiger partial charge >= 0.3 is 0 Å². The van der Waals surface area contributed by atoms with Crippen molar-refractivity contribution in [3.63, 3.8) is 0 Å². The number of hydrogen-bond donors (Lipinski definition) is 1. The van der Waals surface area contributed by atoms with E-state index in [0.717, 1.165) is 37.5 Å². The molecule has 1 unspecified atom stereocenters. The van der Waals surface area contributed by atoms with Gasteiger partial charge in [0.2, 0.25) is 5.89 Å². The molecular formula is C11H20N4O. The Hall–Kier alpha value is -0.940. The largest absolute Gasteiger partial charge is 0.339 e. The van der Waals surface area contributed by atoms with Crippen molar-refractivity contribution >= 4 is 0 Å². The van der Waals surface area contributed by atoms with Gasteiger partial charge < -0.3 is 15.2 Å². The van der Waals surface area contributed by atoms with Gasteiger partial charge in [-0.25, -0.2) is 0 Å². The van der Waals surface area contributed by atoms with Crippen LogP contribution in [0.2, 0.25) is 0 Å². The van der Waals surface area contributed by atoms with Crippen LogP contribution < -0.4 is 5.73 Å². The van der Waals surface area contributed by atoms with E-state index in [4.69, 9.17) is 10.3 Å². The van der Waals surface area contributed by atoms with Crippen LogP contribution in [-0.4, -0.2) is 41.7 Å². The predicted molar refractivity (Wildman–Crippen MR) is 61.0 cm³/mol. The minimum absolute atomic E-state index is 0.672. The third-order valence-electron chi connectivity index (χ3n) is 3.07. The molecule has 5 heteroatoms. The zero-order chi connectivity index (χ0) is 11.4. The van der Waals surface area contributed by atoms with Gasteiger partial charge in [-0.3, -0.25) is 0 Å². The summed E-state index contributed by atoms with van der Waals surface area (Å²) in [5.41, 5.74) is 5.44. The van der Waals surface area contributed by atoms with Crippen LogP contribution in [0.1, 0.15) is 24.6 Å². The first-order chi connectivity index (χ1) is 7.78. The molecule has 5 nitrogen and oxygen atoms in total. The highest BCUT2D eigenvalue weighted by Gasteiger charge is 2.21. The lowest BCUT2D eigenvalue weighted by atomic mass is 10.1. The van der Waals surface area contributed by atoms with Gasteiger partial charge in [-0.15, -0.1) is 0 Å². The third-order valence-corrected chi connectivity index (χ3v) is 3.07. The summed E-state index contributed by atoms with van der Waals surface area (Å²) in [6, 6.07) is 0. The molecule has 1 saturated heterocycles. The molecule has 0 bridgehead atoms. The molecule has 1 aromatic heterocycles. The van der Waals surface area contributed by atoms with Crippen LogP contribution >= 0.6 is 0 Å². The summed E-state index contributed by atoms with van der Waals surface area (Å²) in [4.78, 5) is 6.73. The van der Waals surface area contributed by atoms with E-state index in [0.29, 0.717) is 12.5 Å². The highest BCUT2D eigenvalue weighted by molar-refractivity contribution is 4.90. The van der Waals surface area contributed by atoms with Crippen molar-refractivity contribution in [3.05, 3.63) is 11.7 Å². The number of likely N-dealkylation sites (tertiary alicyclic amines) is 1. The number of aromatic nitrogens is 2. The van der Waals surface area contributed by atoms with E-state index in [9.17, 15) is 0 Å². The Bertz CT molecular complexity index is 326. The maximum Gasteiger partial charge on any atom is 0.226 e. The summed E-state index contributed by atoms with van der Waals surface area (Å²) in [7, 11) is 2.16. The van der Waals surface area contributed by atoms with Crippen LogP contribution in [0.5, 0.6) is 0 Å². The minimum Gasteiger partial charge on any atom is -0.339 e. The molecule has 90 valence electrons. The molecule has 2 rings (SSSR count). The van der Waals surface area contributed by atoms with Gasteiger partial charge in [-0.1, -0.05) is 5.16 Å². The first-order valence-corrected chi connectivity index (χ1v) is 5.98. The van der Waals surface area contributed by atoms with Crippen molar-refractivity contribution in [2.75, 3.05) is 26.7 Å². The second kappa shape index (κ2) is 5.41. The maximum atomic E-state index is 5.44. The molecule has 1 aliphatic rings. The summed E-state index contributed by atoms with van der Waals surface area (Å²) in [6.07, 6.45) is 3.89. The lowest BCUT2D eigenvalue weighted by Crippen LogP contribution is -2.15. The van der Waals surface area contributed by atoms with Gasteiger partial charge in [0.05, 0.1) is 0 Å². The van der Waals surface area contributed by atoms with Crippen LogP contribution in [0, 0.1) is 5.92 Å². The Morgan fingerprint density at radius 1 is 1.56 bits per heavy atom. The molecule has 1 aliphatic heterocycles. The molecule has 0 aliphatic carbocycles. The van der Waals surface area contributed by atoms with Crippen LogP contribution in [0.15, 0.2) is 4.52 Å². The number of hydrogen-bond acceptors (Lipinski definition) is 5. The fourth-order valence-corrected chi connectivity index (χ4v) is 2.18. The molecule has 2 heterocycles. The van der Waals surface area contributed by atoms with Gasteiger partial charge in [0.25, 0.3) is 0 Å². The Balaban J connectivity index is 1.83. The average Bonchev–Trinajstić information content (AvgIpc) is 2.86. The first kappa shape index (κ1) is 11.5. The second-order valence-electron chi connectivity index (χ2n) is 4.62. The molecule has 0 amide bonds. The number of aryl methyl sites for hydroxylation is 1. The average molecular weight is 224 g/mol. The number of nitrogens with two attached hydrogens (primary N) is 1. The van der Waals surface area contributed by atoms with Gasteiger partial charge in [-0.05, 0) is 38.9 Å². The predicted octanol–water partition coefficient (Wildman–Crippen LogP) is 0.455. The SMILES string of the molecule is CN1CCC(Cc2noc(CCCN)n2)C1. The van der Waals surface area contributed by atoms with Gasteiger partial charge in [0.15, 0.2) is 5.82 Å².